The minimum absolute atomic E-state index is 0.137. The standard InChI is InChI=1S/C25H30N4O2S/c30-25-23-21-6-5-19(27-20-13-17-3-1-2-4-18(17)14-20)15-22(21)32-24(23)26-16-29(25)8-7-28-9-11-31-12-10-28/h1-4,16,19-20,27H,5-15H2. The number of aromatic nitrogens is 2. The molecule has 1 saturated heterocycles. The molecule has 1 N–H and O–H groups in total. The van der Waals surface area contributed by atoms with E-state index < -0.39 is 0 Å². The van der Waals surface area contributed by atoms with E-state index in [1.807, 2.05) is 4.57 Å². The number of thiophene rings is 1. The summed E-state index contributed by atoms with van der Waals surface area (Å²) < 4.78 is 7.24. The van der Waals surface area contributed by atoms with Crippen LogP contribution in [0.5, 0.6) is 0 Å². The van der Waals surface area contributed by atoms with Crippen LogP contribution < -0.4 is 10.9 Å². The van der Waals surface area contributed by atoms with E-state index in [0.29, 0.717) is 18.6 Å². The van der Waals surface area contributed by atoms with Crippen LogP contribution in [0.25, 0.3) is 10.2 Å². The number of hydrogen-bond acceptors (Lipinski definition) is 6. The maximum absolute atomic E-state index is 13.3. The van der Waals surface area contributed by atoms with Gasteiger partial charge in [-0.25, -0.2) is 4.98 Å². The van der Waals surface area contributed by atoms with Crippen molar-refractivity contribution < 1.29 is 4.74 Å². The molecule has 3 aliphatic rings. The first kappa shape index (κ1) is 20.5. The zero-order valence-corrected chi connectivity index (χ0v) is 19.2. The van der Waals surface area contributed by atoms with Gasteiger partial charge in [-0.15, -0.1) is 11.3 Å². The highest BCUT2D eigenvalue weighted by molar-refractivity contribution is 7.18. The third-order valence-corrected chi connectivity index (χ3v) is 8.48. The number of benzene rings is 1. The summed E-state index contributed by atoms with van der Waals surface area (Å²) in [6.45, 7) is 5.02. The summed E-state index contributed by atoms with van der Waals surface area (Å²) in [6.07, 6.45) is 7.07. The molecule has 0 radical (unpaired) electrons. The number of nitrogens with zero attached hydrogens (tertiary/aromatic N) is 3. The van der Waals surface area contributed by atoms with Crippen molar-refractivity contribution in [3.05, 3.63) is 62.5 Å². The zero-order chi connectivity index (χ0) is 21.5. The van der Waals surface area contributed by atoms with Crippen LogP contribution in [-0.4, -0.2) is 59.4 Å². The van der Waals surface area contributed by atoms with E-state index in [-0.39, 0.29) is 5.56 Å². The van der Waals surface area contributed by atoms with E-state index in [1.54, 1.807) is 17.7 Å². The Morgan fingerprint density at radius 2 is 1.84 bits per heavy atom. The molecule has 1 aliphatic heterocycles. The monoisotopic (exact) mass is 450 g/mol. The molecule has 1 atom stereocenters. The van der Waals surface area contributed by atoms with E-state index in [0.717, 1.165) is 75.2 Å². The van der Waals surface area contributed by atoms with Gasteiger partial charge in [0.25, 0.3) is 5.56 Å². The van der Waals surface area contributed by atoms with Gasteiger partial charge in [0.15, 0.2) is 0 Å². The number of nitrogens with one attached hydrogen (secondary N) is 1. The summed E-state index contributed by atoms with van der Waals surface area (Å²) in [5, 5.41) is 4.80. The first-order chi connectivity index (χ1) is 15.7. The molecule has 1 fully saturated rings. The summed E-state index contributed by atoms with van der Waals surface area (Å²) in [4.78, 5) is 22.6. The zero-order valence-electron chi connectivity index (χ0n) is 18.4. The Bertz CT molecular complexity index is 1160. The van der Waals surface area contributed by atoms with Crippen molar-refractivity contribution in [2.45, 2.75) is 50.7 Å². The second kappa shape index (κ2) is 8.71. The minimum Gasteiger partial charge on any atom is -0.379 e. The lowest BCUT2D eigenvalue weighted by Crippen LogP contribution is -2.42. The number of rotatable bonds is 5. The lowest BCUT2D eigenvalue weighted by Gasteiger charge is -2.27. The van der Waals surface area contributed by atoms with E-state index in [9.17, 15) is 4.79 Å². The van der Waals surface area contributed by atoms with Gasteiger partial charge in [0.2, 0.25) is 0 Å². The summed E-state index contributed by atoms with van der Waals surface area (Å²) in [7, 11) is 0. The third-order valence-electron chi connectivity index (χ3n) is 7.32. The Labute approximate surface area is 192 Å². The average molecular weight is 451 g/mol. The Morgan fingerprint density at radius 3 is 2.62 bits per heavy atom. The average Bonchev–Trinajstić information content (AvgIpc) is 3.40. The van der Waals surface area contributed by atoms with Gasteiger partial charge < -0.3 is 10.1 Å². The molecule has 0 bridgehead atoms. The molecule has 2 aliphatic carbocycles. The third kappa shape index (κ3) is 3.92. The number of ether oxygens (including phenoxy) is 1. The number of aryl methyl sites for hydroxylation is 1. The smallest absolute Gasteiger partial charge is 0.262 e. The van der Waals surface area contributed by atoms with Crippen LogP contribution in [0.15, 0.2) is 35.4 Å². The van der Waals surface area contributed by atoms with Gasteiger partial charge >= 0.3 is 0 Å². The Balaban J connectivity index is 1.16. The van der Waals surface area contributed by atoms with Crippen molar-refractivity contribution in [3.8, 4) is 0 Å². The molecule has 6 rings (SSSR count). The lowest BCUT2D eigenvalue weighted by molar-refractivity contribution is 0.0362. The fourth-order valence-corrected chi connectivity index (χ4v) is 6.84. The quantitative estimate of drug-likeness (QED) is 0.647. The fraction of sp³-hybridized carbons (Fsp3) is 0.520. The van der Waals surface area contributed by atoms with Gasteiger partial charge in [-0.1, -0.05) is 24.3 Å². The van der Waals surface area contributed by atoms with Gasteiger partial charge in [0, 0.05) is 43.1 Å². The van der Waals surface area contributed by atoms with Crippen molar-refractivity contribution in [2.24, 2.45) is 0 Å². The van der Waals surface area contributed by atoms with Crippen LogP contribution in [0, 0.1) is 0 Å². The summed E-state index contributed by atoms with van der Waals surface area (Å²) in [5.74, 6) is 0. The minimum atomic E-state index is 0.137. The molecular formula is C25H30N4O2S. The largest absolute Gasteiger partial charge is 0.379 e. The molecule has 32 heavy (non-hydrogen) atoms. The van der Waals surface area contributed by atoms with Gasteiger partial charge in [-0.2, -0.15) is 0 Å². The number of morpholine rings is 1. The summed E-state index contributed by atoms with van der Waals surface area (Å²) in [6, 6.07) is 9.83. The normalized spacial score (nSPS) is 21.7. The van der Waals surface area contributed by atoms with Crippen molar-refractivity contribution in [2.75, 3.05) is 32.8 Å². The van der Waals surface area contributed by atoms with Gasteiger partial charge in [0.1, 0.15) is 4.83 Å². The van der Waals surface area contributed by atoms with E-state index in [2.05, 4.69) is 39.5 Å². The van der Waals surface area contributed by atoms with Gasteiger partial charge in [-0.05, 0) is 48.8 Å². The van der Waals surface area contributed by atoms with Crippen LogP contribution in [-0.2, 0) is 37.0 Å². The van der Waals surface area contributed by atoms with Crippen molar-refractivity contribution in [1.82, 2.24) is 19.8 Å². The first-order valence-electron chi connectivity index (χ1n) is 11.9. The fourth-order valence-electron chi connectivity index (χ4n) is 5.59. The second-order valence-electron chi connectivity index (χ2n) is 9.36. The molecule has 6 nitrogen and oxygen atoms in total. The van der Waals surface area contributed by atoms with Gasteiger partial charge in [-0.3, -0.25) is 14.3 Å². The molecule has 2 aromatic heterocycles. The molecule has 1 aromatic carbocycles. The molecular weight excluding hydrogens is 420 g/mol. The maximum Gasteiger partial charge on any atom is 0.262 e. The molecule has 0 saturated carbocycles. The van der Waals surface area contributed by atoms with E-state index >= 15 is 0 Å². The molecule has 1 unspecified atom stereocenters. The Hall–Kier alpha value is -2.06. The van der Waals surface area contributed by atoms with Crippen LogP contribution in [0.4, 0.5) is 0 Å². The summed E-state index contributed by atoms with van der Waals surface area (Å²) >= 11 is 1.73. The first-order valence-corrected chi connectivity index (χ1v) is 12.7. The van der Waals surface area contributed by atoms with Crippen LogP contribution in [0.1, 0.15) is 28.0 Å². The maximum atomic E-state index is 13.3. The molecule has 168 valence electrons. The highest BCUT2D eigenvalue weighted by Crippen LogP contribution is 2.34. The molecule has 7 heteroatoms. The highest BCUT2D eigenvalue weighted by Gasteiger charge is 2.29. The van der Waals surface area contributed by atoms with Crippen molar-refractivity contribution in [3.63, 3.8) is 0 Å². The van der Waals surface area contributed by atoms with Gasteiger partial charge in [0.05, 0.1) is 24.9 Å². The highest BCUT2D eigenvalue weighted by atomic mass is 32.1. The molecule has 3 heterocycles. The van der Waals surface area contributed by atoms with E-state index in [1.165, 1.54) is 21.6 Å². The number of fused-ring (bicyclic) bond motifs is 4. The topological polar surface area (TPSA) is 59.4 Å². The Morgan fingerprint density at radius 1 is 1.06 bits per heavy atom. The van der Waals surface area contributed by atoms with Crippen LogP contribution in [0.2, 0.25) is 0 Å². The Kier molecular flexibility index (Phi) is 5.59. The SMILES string of the molecule is O=c1c2c3c(sc2ncn1CCN1CCOCC1)CC(NC1Cc2ccccc2C1)CC3. The predicted octanol–water partition coefficient (Wildman–Crippen LogP) is 2.40. The second-order valence-corrected chi connectivity index (χ2v) is 10.4. The molecule has 0 amide bonds. The van der Waals surface area contributed by atoms with Crippen LogP contribution >= 0.6 is 11.3 Å². The molecule has 3 aromatic rings. The molecule has 0 spiro atoms. The predicted molar refractivity (Wildman–Crippen MR) is 128 cm³/mol. The van der Waals surface area contributed by atoms with Crippen molar-refractivity contribution >= 4 is 21.6 Å². The number of hydrogen-bond donors (Lipinski definition) is 1. The lowest BCUT2D eigenvalue weighted by atomic mass is 9.92. The van der Waals surface area contributed by atoms with Crippen LogP contribution in [0.3, 0.4) is 0 Å². The van der Waals surface area contributed by atoms with Crippen molar-refractivity contribution in [1.29, 1.82) is 0 Å². The van der Waals surface area contributed by atoms with E-state index in [4.69, 9.17) is 4.74 Å². The summed E-state index contributed by atoms with van der Waals surface area (Å²) in [5.41, 5.74) is 4.38.